The van der Waals surface area contributed by atoms with Crippen LogP contribution in [0.4, 0.5) is 0 Å². The van der Waals surface area contributed by atoms with Crippen molar-refractivity contribution in [3.8, 4) is 0 Å². The van der Waals surface area contributed by atoms with Crippen LogP contribution < -0.4 is 0 Å². The van der Waals surface area contributed by atoms with Crippen molar-refractivity contribution >= 4 is 7.12 Å². The van der Waals surface area contributed by atoms with Crippen molar-refractivity contribution in [1.29, 1.82) is 0 Å². The highest BCUT2D eigenvalue weighted by Crippen LogP contribution is 2.36. The topological polar surface area (TPSA) is 23.4 Å². The van der Waals surface area contributed by atoms with E-state index in [4.69, 9.17) is 9.31 Å². The molecule has 0 aromatic carbocycles. The summed E-state index contributed by atoms with van der Waals surface area (Å²) in [5, 5.41) is 0. The van der Waals surface area contributed by atoms with Gasteiger partial charge in [0.2, 0.25) is 0 Å². The first-order valence-corrected chi connectivity index (χ1v) is 6.04. The number of hydrogen-bond acceptors (Lipinski definition) is 2. The smallest absolute Gasteiger partial charge is 0.400 e. The molecule has 0 saturated carbocycles. The summed E-state index contributed by atoms with van der Waals surface area (Å²) >= 11 is 0. The number of nitrogens with zero attached hydrogens (tertiary/aromatic N) is 1. The molecule has 0 aliphatic carbocycles. The van der Waals surface area contributed by atoms with Gasteiger partial charge >= 0.3 is 7.12 Å². The number of aromatic nitrogens is 1. The summed E-state index contributed by atoms with van der Waals surface area (Å²) in [6.45, 7) is 9.09. The van der Waals surface area contributed by atoms with E-state index in [9.17, 15) is 0 Å². The molecule has 92 valence electrons. The lowest BCUT2D eigenvalue weighted by molar-refractivity contribution is 0.00578. The Bertz CT molecular complexity index is 380. The normalized spacial score (nSPS) is 22.5. The summed E-state index contributed by atoms with van der Waals surface area (Å²) in [7, 11) is -0.240. The van der Waals surface area contributed by atoms with Gasteiger partial charge in [-0.2, -0.15) is 0 Å². The van der Waals surface area contributed by atoms with Crippen molar-refractivity contribution in [2.24, 2.45) is 0 Å². The van der Waals surface area contributed by atoms with Crippen LogP contribution in [0, 0.1) is 0 Å². The van der Waals surface area contributed by atoms with Crippen LogP contribution in [0.3, 0.4) is 0 Å². The van der Waals surface area contributed by atoms with Crippen molar-refractivity contribution in [1.82, 2.24) is 4.57 Å². The number of rotatable bonds is 3. The molecule has 2 rings (SSSR count). The van der Waals surface area contributed by atoms with Crippen molar-refractivity contribution in [2.75, 3.05) is 0 Å². The predicted molar refractivity (Wildman–Crippen MR) is 69.7 cm³/mol. The Hall–Kier alpha value is -0.995. The second-order valence-electron chi connectivity index (χ2n) is 5.43. The SMILES string of the molecule is CC1(C)OB(/C=C/Cn2cccc2)OC1(C)C. The first-order valence-electron chi connectivity index (χ1n) is 6.04. The fourth-order valence-electron chi connectivity index (χ4n) is 1.75. The molecule has 4 heteroatoms. The van der Waals surface area contributed by atoms with Crippen LogP contribution in [0.5, 0.6) is 0 Å². The van der Waals surface area contributed by atoms with Gasteiger partial charge in [0, 0.05) is 18.9 Å². The quantitative estimate of drug-likeness (QED) is 0.749. The fourth-order valence-corrected chi connectivity index (χ4v) is 1.75. The summed E-state index contributed by atoms with van der Waals surface area (Å²) in [6, 6.07) is 4.03. The highest BCUT2D eigenvalue weighted by Gasteiger charge is 2.49. The van der Waals surface area contributed by atoms with Gasteiger partial charge < -0.3 is 13.9 Å². The van der Waals surface area contributed by atoms with E-state index in [2.05, 4.69) is 38.3 Å². The van der Waals surface area contributed by atoms with Crippen molar-refractivity contribution in [3.05, 3.63) is 36.6 Å². The summed E-state index contributed by atoms with van der Waals surface area (Å²) in [5.74, 6) is 1.98. The zero-order valence-corrected chi connectivity index (χ0v) is 11.0. The Labute approximate surface area is 104 Å². The molecule has 0 atom stereocenters. The molecule has 1 aliphatic heterocycles. The summed E-state index contributed by atoms with van der Waals surface area (Å²) in [5.41, 5.74) is -0.509. The van der Waals surface area contributed by atoms with E-state index in [1.807, 2.05) is 30.5 Å². The second kappa shape index (κ2) is 4.35. The number of allylic oxidation sites excluding steroid dienone is 1. The lowest BCUT2D eigenvalue weighted by atomic mass is 9.90. The van der Waals surface area contributed by atoms with Gasteiger partial charge in [-0.25, -0.2) is 0 Å². The molecule has 2 heterocycles. The van der Waals surface area contributed by atoms with Crippen LogP contribution in [0.1, 0.15) is 27.7 Å². The van der Waals surface area contributed by atoms with E-state index < -0.39 is 0 Å². The standard InChI is InChI=1S/C13H20BNO2/c1-12(2)13(3,4)17-14(16-12)8-7-11-15-9-5-6-10-15/h5-10H,11H2,1-4H3/b8-7+. The maximum atomic E-state index is 5.87. The Morgan fingerprint density at radius 2 is 1.59 bits per heavy atom. The molecule has 1 aromatic heterocycles. The molecule has 0 radical (unpaired) electrons. The van der Waals surface area contributed by atoms with E-state index in [-0.39, 0.29) is 18.3 Å². The van der Waals surface area contributed by atoms with Gasteiger partial charge in [-0.3, -0.25) is 0 Å². The highest BCUT2D eigenvalue weighted by atomic mass is 16.7. The van der Waals surface area contributed by atoms with Gasteiger partial charge in [0.1, 0.15) is 0 Å². The van der Waals surface area contributed by atoms with Crippen LogP contribution >= 0.6 is 0 Å². The molecule has 1 aliphatic rings. The first kappa shape index (κ1) is 12.5. The predicted octanol–water partition coefficient (Wildman–Crippen LogP) is 2.68. The second-order valence-corrected chi connectivity index (χ2v) is 5.43. The fraction of sp³-hybridized carbons (Fsp3) is 0.538. The van der Waals surface area contributed by atoms with E-state index in [1.54, 1.807) is 0 Å². The van der Waals surface area contributed by atoms with Gasteiger partial charge in [0.25, 0.3) is 0 Å². The largest absolute Gasteiger partial charge is 0.486 e. The third-order valence-corrected chi connectivity index (χ3v) is 3.55. The maximum Gasteiger partial charge on any atom is 0.486 e. The zero-order valence-electron chi connectivity index (χ0n) is 11.0. The molecule has 3 nitrogen and oxygen atoms in total. The Kier molecular flexibility index (Phi) is 3.19. The summed E-state index contributed by atoms with van der Waals surface area (Å²) in [6.07, 6.45) is 6.14. The van der Waals surface area contributed by atoms with Gasteiger partial charge in [0.05, 0.1) is 11.2 Å². The van der Waals surface area contributed by atoms with Crippen molar-refractivity contribution < 1.29 is 9.31 Å². The molecule has 0 N–H and O–H groups in total. The highest BCUT2D eigenvalue weighted by molar-refractivity contribution is 6.51. The molecule has 17 heavy (non-hydrogen) atoms. The monoisotopic (exact) mass is 233 g/mol. The van der Waals surface area contributed by atoms with E-state index in [0.717, 1.165) is 6.54 Å². The Balaban J connectivity index is 1.91. The lowest BCUT2D eigenvalue weighted by Crippen LogP contribution is -2.41. The van der Waals surface area contributed by atoms with E-state index in [0.29, 0.717) is 0 Å². The molecule has 1 saturated heterocycles. The Morgan fingerprint density at radius 3 is 2.12 bits per heavy atom. The van der Waals surface area contributed by atoms with Gasteiger partial charge in [0.15, 0.2) is 0 Å². The van der Waals surface area contributed by atoms with Crippen LogP contribution in [-0.2, 0) is 15.9 Å². The molecule has 1 aromatic rings. The molecular formula is C13H20BNO2. The summed E-state index contributed by atoms with van der Waals surface area (Å²) < 4.78 is 13.8. The van der Waals surface area contributed by atoms with Crippen LogP contribution in [0.15, 0.2) is 36.6 Å². The molecule has 0 amide bonds. The third-order valence-electron chi connectivity index (χ3n) is 3.55. The zero-order chi connectivity index (χ0) is 12.5. The molecule has 0 unspecified atom stereocenters. The Morgan fingerprint density at radius 1 is 1.06 bits per heavy atom. The van der Waals surface area contributed by atoms with Crippen LogP contribution in [-0.4, -0.2) is 22.9 Å². The molecule has 0 spiro atoms. The molecule has 0 bridgehead atoms. The van der Waals surface area contributed by atoms with E-state index >= 15 is 0 Å². The van der Waals surface area contributed by atoms with Gasteiger partial charge in [-0.1, -0.05) is 12.1 Å². The molecular weight excluding hydrogens is 213 g/mol. The summed E-state index contributed by atoms with van der Waals surface area (Å²) in [4.78, 5) is 0. The van der Waals surface area contributed by atoms with E-state index in [1.165, 1.54) is 0 Å². The minimum atomic E-state index is -0.255. The minimum absolute atomic E-state index is 0.240. The molecule has 1 fully saturated rings. The van der Waals surface area contributed by atoms with Gasteiger partial charge in [-0.05, 0) is 39.8 Å². The van der Waals surface area contributed by atoms with Gasteiger partial charge in [-0.15, -0.1) is 0 Å². The average Bonchev–Trinajstić information content (AvgIpc) is 2.74. The van der Waals surface area contributed by atoms with Crippen molar-refractivity contribution in [2.45, 2.75) is 45.4 Å². The average molecular weight is 233 g/mol. The maximum absolute atomic E-state index is 5.87. The third kappa shape index (κ3) is 2.64. The minimum Gasteiger partial charge on any atom is -0.400 e. The van der Waals surface area contributed by atoms with Crippen LogP contribution in [0.2, 0.25) is 0 Å². The first-order chi connectivity index (χ1) is 7.91. The van der Waals surface area contributed by atoms with Crippen molar-refractivity contribution in [3.63, 3.8) is 0 Å². The lowest BCUT2D eigenvalue weighted by Gasteiger charge is -2.32. The van der Waals surface area contributed by atoms with Crippen LogP contribution in [0.25, 0.3) is 0 Å². The number of hydrogen-bond donors (Lipinski definition) is 0.